The first kappa shape index (κ1) is 22.2. The molecule has 0 bridgehead atoms. The number of hydrogen-bond acceptors (Lipinski definition) is 4. The summed E-state index contributed by atoms with van der Waals surface area (Å²) in [7, 11) is 1.74. The molecule has 3 rings (SSSR count). The minimum atomic E-state index is -0.200. The second-order valence-corrected chi connectivity index (χ2v) is 7.91. The number of anilines is 1. The van der Waals surface area contributed by atoms with Crippen LogP contribution in [0.15, 0.2) is 48.5 Å². The SMILES string of the molecule is CN(CC(=O)Nc1ccc(Cl)cc1)CC(=O)N1CCN(Cc2ccccc2F)CC1. The lowest BCUT2D eigenvalue weighted by molar-refractivity contribution is -0.134. The van der Waals surface area contributed by atoms with Crippen LogP contribution < -0.4 is 5.32 Å². The number of hydrogen-bond donors (Lipinski definition) is 1. The molecule has 1 aliphatic heterocycles. The van der Waals surface area contributed by atoms with E-state index in [4.69, 9.17) is 11.6 Å². The highest BCUT2D eigenvalue weighted by atomic mass is 35.5. The molecule has 0 aliphatic carbocycles. The Hall–Kier alpha value is -2.48. The summed E-state index contributed by atoms with van der Waals surface area (Å²) in [4.78, 5) is 30.4. The molecule has 160 valence electrons. The molecule has 0 atom stereocenters. The molecule has 0 spiro atoms. The number of carbonyl (C=O) groups excluding carboxylic acids is 2. The molecule has 1 fully saturated rings. The first-order valence-electron chi connectivity index (χ1n) is 9.88. The van der Waals surface area contributed by atoms with Crippen LogP contribution in [0.1, 0.15) is 5.56 Å². The van der Waals surface area contributed by atoms with Crippen LogP contribution in [0.4, 0.5) is 10.1 Å². The summed E-state index contributed by atoms with van der Waals surface area (Å²) in [5.41, 5.74) is 1.33. The molecule has 1 aliphatic rings. The van der Waals surface area contributed by atoms with Crippen molar-refractivity contribution >= 4 is 29.1 Å². The highest BCUT2D eigenvalue weighted by Crippen LogP contribution is 2.14. The minimum Gasteiger partial charge on any atom is -0.339 e. The Morgan fingerprint density at radius 3 is 2.37 bits per heavy atom. The fraction of sp³-hybridized carbons (Fsp3) is 0.364. The largest absolute Gasteiger partial charge is 0.339 e. The summed E-state index contributed by atoms with van der Waals surface area (Å²) in [5.74, 6) is -0.404. The fourth-order valence-corrected chi connectivity index (χ4v) is 3.51. The van der Waals surface area contributed by atoms with E-state index in [1.807, 2.05) is 6.07 Å². The quantitative estimate of drug-likeness (QED) is 0.731. The van der Waals surface area contributed by atoms with Gasteiger partial charge in [0.1, 0.15) is 5.82 Å². The maximum Gasteiger partial charge on any atom is 0.238 e. The number of amides is 2. The first-order chi connectivity index (χ1) is 14.4. The van der Waals surface area contributed by atoms with Gasteiger partial charge in [-0.1, -0.05) is 29.8 Å². The number of benzene rings is 2. The van der Waals surface area contributed by atoms with E-state index in [1.165, 1.54) is 6.07 Å². The highest BCUT2D eigenvalue weighted by Gasteiger charge is 2.23. The molecule has 2 aromatic rings. The maximum absolute atomic E-state index is 13.8. The summed E-state index contributed by atoms with van der Waals surface area (Å²) < 4.78 is 13.8. The number of carbonyl (C=O) groups is 2. The number of nitrogens with zero attached hydrogens (tertiary/aromatic N) is 3. The molecule has 0 radical (unpaired) electrons. The van der Waals surface area contributed by atoms with E-state index in [2.05, 4.69) is 10.2 Å². The van der Waals surface area contributed by atoms with Crippen LogP contribution in [0, 0.1) is 5.82 Å². The Balaban J connectivity index is 1.40. The lowest BCUT2D eigenvalue weighted by Gasteiger charge is -2.35. The third kappa shape index (κ3) is 6.52. The van der Waals surface area contributed by atoms with Crippen molar-refractivity contribution in [3.63, 3.8) is 0 Å². The van der Waals surface area contributed by atoms with Crippen LogP contribution in [-0.2, 0) is 16.1 Å². The molecule has 0 saturated carbocycles. The smallest absolute Gasteiger partial charge is 0.238 e. The van der Waals surface area contributed by atoms with Gasteiger partial charge in [0.25, 0.3) is 0 Å². The van der Waals surface area contributed by atoms with E-state index in [9.17, 15) is 14.0 Å². The van der Waals surface area contributed by atoms with E-state index >= 15 is 0 Å². The predicted molar refractivity (Wildman–Crippen MR) is 116 cm³/mol. The van der Waals surface area contributed by atoms with E-state index in [-0.39, 0.29) is 30.7 Å². The fourth-order valence-electron chi connectivity index (χ4n) is 3.39. The molecule has 0 aromatic heterocycles. The summed E-state index contributed by atoms with van der Waals surface area (Å²) in [6.45, 7) is 3.40. The van der Waals surface area contributed by atoms with Crippen LogP contribution in [0.3, 0.4) is 0 Å². The van der Waals surface area contributed by atoms with Crippen molar-refractivity contribution < 1.29 is 14.0 Å². The summed E-state index contributed by atoms with van der Waals surface area (Å²) in [5, 5.41) is 3.39. The van der Waals surface area contributed by atoms with Gasteiger partial charge in [0.15, 0.2) is 0 Å². The van der Waals surface area contributed by atoms with Gasteiger partial charge in [-0.2, -0.15) is 0 Å². The second-order valence-electron chi connectivity index (χ2n) is 7.48. The monoisotopic (exact) mass is 432 g/mol. The van der Waals surface area contributed by atoms with Crippen LogP contribution in [0.2, 0.25) is 5.02 Å². The molecular weight excluding hydrogens is 407 g/mol. The average Bonchev–Trinajstić information content (AvgIpc) is 2.72. The van der Waals surface area contributed by atoms with Crippen LogP contribution in [0.5, 0.6) is 0 Å². The Morgan fingerprint density at radius 1 is 1.03 bits per heavy atom. The standard InChI is InChI=1S/C22H26ClFN4O2/c1-26(15-21(29)25-19-8-6-18(23)7-9-19)16-22(30)28-12-10-27(11-13-28)14-17-4-2-3-5-20(17)24/h2-9H,10-16H2,1H3,(H,25,29). The van der Waals surface area contributed by atoms with E-state index in [0.717, 1.165) is 0 Å². The molecular formula is C22H26ClFN4O2. The normalized spacial score (nSPS) is 14.7. The van der Waals surface area contributed by atoms with Gasteiger partial charge in [0.2, 0.25) is 11.8 Å². The first-order valence-corrected chi connectivity index (χ1v) is 10.3. The lowest BCUT2D eigenvalue weighted by atomic mass is 10.2. The molecule has 8 heteroatoms. The zero-order valence-electron chi connectivity index (χ0n) is 17.0. The zero-order valence-corrected chi connectivity index (χ0v) is 17.7. The average molecular weight is 433 g/mol. The third-order valence-electron chi connectivity index (χ3n) is 5.02. The number of halogens is 2. The summed E-state index contributed by atoms with van der Waals surface area (Å²) in [6.07, 6.45) is 0. The topological polar surface area (TPSA) is 55.9 Å². The molecule has 6 nitrogen and oxygen atoms in total. The van der Waals surface area contributed by atoms with Crippen molar-refractivity contribution in [3.8, 4) is 0 Å². The molecule has 30 heavy (non-hydrogen) atoms. The van der Waals surface area contributed by atoms with Gasteiger partial charge in [0.05, 0.1) is 13.1 Å². The molecule has 1 heterocycles. The van der Waals surface area contributed by atoms with Crippen molar-refractivity contribution in [1.29, 1.82) is 0 Å². The Labute approximate surface area is 181 Å². The Morgan fingerprint density at radius 2 is 1.70 bits per heavy atom. The van der Waals surface area contributed by atoms with Gasteiger partial charge < -0.3 is 10.2 Å². The molecule has 1 N–H and O–H groups in total. The van der Waals surface area contributed by atoms with Crippen molar-refractivity contribution in [1.82, 2.24) is 14.7 Å². The molecule has 1 saturated heterocycles. The summed E-state index contributed by atoms with van der Waals surface area (Å²) in [6, 6.07) is 13.6. The van der Waals surface area contributed by atoms with Gasteiger partial charge in [-0.05, 0) is 37.4 Å². The van der Waals surface area contributed by atoms with Gasteiger partial charge in [-0.3, -0.25) is 19.4 Å². The van der Waals surface area contributed by atoms with Gasteiger partial charge in [0, 0.05) is 49.0 Å². The van der Waals surface area contributed by atoms with Crippen LogP contribution in [-0.4, -0.2) is 72.8 Å². The number of piperazine rings is 1. The summed E-state index contributed by atoms with van der Waals surface area (Å²) >= 11 is 5.84. The van der Waals surface area contributed by atoms with E-state index in [0.29, 0.717) is 49.0 Å². The molecule has 0 unspecified atom stereocenters. The van der Waals surface area contributed by atoms with Crippen molar-refractivity contribution in [3.05, 3.63) is 64.9 Å². The lowest BCUT2D eigenvalue weighted by Crippen LogP contribution is -2.51. The van der Waals surface area contributed by atoms with Crippen LogP contribution >= 0.6 is 11.6 Å². The Bertz CT molecular complexity index is 870. The number of rotatable bonds is 7. The van der Waals surface area contributed by atoms with E-state index in [1.54, 1.807) is 53.2 Å². The van der Waals surface area contributed by atoms with E-state index < -0.39 is 0 Å². The molecule has 2 aromatic carbocycles. The van der Waals surface area contributed by atoms with Gasteiger partial charge >= 0.3 is 0 Å². The number of likely N-dealkylation sites (N-methyl/N-ethyl adjacent to an activating group) is 1. The highest BCUT2D eigenvalue weighted by molar-refractivity contribution is 6.30. The minimum absolute atomic E-state index is 0.0117. The van der Waals surface area contributed by atoms with Gasteiger partial charge in [-0.25, -0.2) is 4.39 Å². The zero-order chi connectivity index (χ0) is 21.5. The van der Waals surface area contributed by atoms with Crippen molar-refractivity contribution in [2.45, 2.75) is 6.54 Å². The van der Waals surface area contributed by atoms with Crippen molar-refractivity contribution in [2.75, 3.05) is 51.6 Å². The van der Waals surface area contributed by atoms with Crippen LogP contribution in [0.25, 0.3) is 0 Å². The predicted octanol–water partition coefficient (Wildman–Crippen LogP) is 2.69. The second kappa shape index (κ2) is 10.5. The Kier molecular flexibility index (Phi) is 7.79. The maximum atomic E-state index is 13.8. The third-order valence-corrected chi connectivity index (χ3v) is 5.28. The van der Waals surface area contributed by atoms with Crippen molar-refractivity contribution in [2.24, 2.45) is 0 Å². The van der Waals surface area contributed by atoms with Gasteiger partial charge in [-0.15, -0.1) is 0 Å². The molecule has 2 amide bonds. The number of nitrogens with one attached hydrogen (secondary N) is 1.